The highest BCUT2D eigenvalue weighted by molar-refractivity contribution is 9.10. The minimum atomic E-state index is -0.590. The summed E-state index contributed by atoms with van der Waals surface area (Å²) in [6.45, 7) is -0.264. The number of hydrogen-bond acceptors (Lipinski definition) is 5. The minimum absolute atomic E-state index is 0.0767. The molecule has 2 amide bonds. The first kappa shape index (κ1) is 25.2. The topological polar surface area (TPSA) is 63.7 Å². The van der Waals surface area contributed by atoms with Gasteiger partial charge in [0, 0.05) is 10.6 Å². The van der Waals surface area contributed by atoms with Gasteiger partial charge < -0.3 is 4.74 Å². The summed E-state index contributed by atoms with van der Waals surface area (Å²) < 4.78 is 20.3. The molecule has 184 valence electrons. The molecule has 0 radical (unpaired) electrons. The second kappa shape index (κ2) is 10.5. The number of carbonyl (C=O) groups excluding carboxylic acids is 3. The van der Waals surface area contributed by atoms with Crippen LogP contribution in [0, 0.1) is 5.82 Å². The van der Waals surface area contributed by atoms with Crippen molar-refractivity contribution in [1.29, 1.82) is 0 Å². The van der Waals surface area contributed by atoms with Gasteiger partial charge in [-0.05, 0) is 80.4 Å². The van der Waals surface area contributed by atoms with Crippen LogP contribution in [-0.4, -0.2) is 22.0 Å². The van der Waals surface area contributed by atoms with E-state index in [0.29, 0.717) is 21.3 Å². The van der Waals surface area contributed by atoms with Crippen LogP contribution in [0.5, 0.6) is 5.75 Å². The summed E-state index contributed by atoms with van der Waals surface area (Å²) in [5.74, 6) is -1.33. The van der Waals surface area contributed by atoms with Gasteiger partial charge in [0.15, 0.2) is 0 Å². The third-order valence-corrected chi connectivity index (χ3v) is 7.60. The first-order chi connectivity index (χ1) is 17.8. The fourth-order valence-electron chi connectivity index (χ4n) is 3.88. The van der Waals surface area contributed by atoms with E-state index in [1.807, 2.05) is 30.3 Å². The average Bonchev–Trinajstić information content (AvgIpc) is 3.14. The Balaban J connectivity index is 1.34. The molecule has 0 spiro atoms. The molecular formula is C28H16BrClFNO4S. The summed E-state index contributed by atoms with van der Waals surface area (Å²) in [4.78, 5) is 39.4. The molecule has 1 saturated heterocycles. The molecule has 0 unspecified atom stereocenters. The predicted molar refractivity (Wildman–Crippen MR) is 146 cm³/mol. The van der Waals surface area contributed by atoms with E-state index in [1.165, 1.54) is 18.2 Å². The number of fused-ring (bicyclic) bond motifs is 1. The molecule has 0 N–H and O–H groups in total. The summed E-state index contributed by atoms with van der Waals surface area (Å²) in [6, 6.07) is 22.1. The molecule has 4 aromatic carbocycles. The SMILES string of the molecule is O=C(Oc1ccc(/C=C2\SC(=O)N(Cc3c(F)cccc3Cl)C2=O)cc1Br)c1cccc2ccccc12. The van der Waals surface area contributed by atoms with E-state index in [4.69, 9.17) is 16.3 Å². The second-order valence-electron chi connectivity index (χ2n) is 8.07. The van der Waals surface area contributed by atoms with E-state index >= 15 is 0 Å². The Kier molecular flexibility index (Phi) is 7.15. The molecule has 0 atom stereocenters. The molecule has 0 aliphatic carbocycles. The number of thioether (sulfide) groups is 1. The van der Waals surface area contributed by atoms with Crippen LogP contribution in [0.3, 0.4) is 0 Å². The fraction of sp³-hybridized carbons (Fsp3) is 0.0357. The molecule has 0 bridgehead atoms. The number of carbonyl (C=O) groups is 3. The first-order valence-electron chi connectivity index (χ1n) is 11.0. The largest absolute Gasteiger partial charge is 0.422 e. The zero-order chi connectivity index (χ0) is 26.1. The molecule has 5 rings (SSSR count). The van der Waals surface area contributed by atoms with Crippen LogP contribution in [0.1, 0.15) is 21.5 Å². The third-order valence-electron chi connectivity index (χ3n) is 5.72. The lowest BCUT2D eigenvalue weighted by Gasteiger charge is -2.14. The molecule has 0 aromatic heterocycles. The average molecular weight is 597 g/mol. The molecule has 1 aliphatic rings. The Morgan fingerprint density at radius 1 is 1.03 bits per heavy atom. The van der Waals surface area contributed by atoms with Gasteiger partial charge >= 0.3 is 5.97 Å². The minimum Gasteiger partial charge on any atom is -0.422 e. The molecule has 1 aliphatic heterocycles. The van der Waals surface area contributed by atoms with Crippen LogP contribution < -0.4 is 4.74 Å². The van der Waals surface area contributed by atoms with E-state index in [1.54, 1.807) is 36.4 Å². The smallest absolute Gasteiger partial charge is 0.344 e. The predicted octanol–water partition coefficient (Wildman–Crippen LogP) is 7.85. The number of amides is 2. The van der Waals surface area contributed by atoms with Gasteiger partial charge in [0.25, 0.3) is 11.1 Å². The Morgan fingerprint density at radius 2 is 1.78 bits per heavy atom. The van der Waals surface area contributed by atoms with E-state index in [9.17, 15) is 18.8 Å². The Morgan fingerprint density at radius 3 is 2.57 bits per heavy atom. The van der Waals surface area contributed by atoms with Crippen molar-refractivity contribution in [1.82, 2.24) is 4.90 Å². The Bertz CT molecular complexity index is 1600. The number of imide groups is 1. The van der Waals surface area contributed by atoms with Crippen molar-refractivity contribution in [2.24, 2.45) is 0 Å². The standard InChI is InChI=1S/C28H16BrClFNO4S/c29-21-13-16(11-12-24(21)36-27(34)19-8-3-6-17-5-1-2-7-18(17)19)14-25-26(33)32(28(35)37-25)15-20-22(30)9-4-10-23(20)31/h1-14H,15H2/b25-14-. The normalized spacial score (nSPS) is 14.6. The van der Waals surface area contributed by atoms with Crippen LogP contribution in [0.2, 0.25) is 5.02 Å². The lowest BCUT2D eigenvalue weighted by atomic mass is 10.0. The zero-order valence-corrected chi connectivity index (χ0v) is 22.1. The maximum Gasteiger partial charge on any atom is 0.344 e. The van der Waals surface area contributed by atoms with Gasteiger partial charge in [-0.15, -0.1) is 0 Å². The lowest BCUT2D eigenvalue weighted by Crippen LogP contribution is -2.28. The van der Waals surface area contributed by atoms with E-state index in [2.05, 4.69) is 15.9 Å². The molecule has 4 aromatic rings. The Hall–Kier alpha value is -3.46. The highest BCUT2D eigenvalue weighted by atomic mass is 79.9. The molecular weight excluding hydrogens is 581 g/mol. The van der Waals surface area contributed by atoms with Crippen molar-refractivity contribution in [2.45, 2.75) is 6.54 Å². The van der Waals surface area contributed by atoms with E-state index in [0.717, 1.165) is 27.4 Å². The van der Waals surface area contributed by atoms with Gasteiger partial charge in [-0.3, -0.25) is 14.5 Å². The van der Waals surface area contributed by atoms with Crippen LogP contribution >= 0.6 is 39.3 Å². The molecule has 37 heavy (non-hydrogen) atoms. The first-order valence-corrected chi connectivity index (χ1v) is 13.0. The molecule has 1 fully saturated rings. The van der Waals surface area contributed by atoms with Crippen LogP contribution in [0.4, 0.5) is 9.18 Å². The number of rotatable bonds is 5. The van der Waals surface area contributed by atoms with Gasteiger partial charge in [-0.2, -0.15) is 0 Å². The molecule has 9 heteroatoms. The van der Waals surface area contributed by atoms with Crippen molar-refractivity contribution in [2.75, 3.05) is 0 Å². The second-order valence-corrected chi connectivity index (χ2v) is 10.3. The van der Waals surface area contributed by atoms with Crippen molar-refractivity contribution in [3.05, 3.63) is 116 Å². The zero-order valence-electron chi connectivity index (χ0n) is 18.9. The van der Waals surface area contributed by atoms with Crippen molar-refractivity contribution in [3.8, 4) is 5.75 Å². The van der Waals surface area contributed by atoms with E-state index < -0.39 is 22.9 Å². The van der Waals surface area contributed by atoms with Crippen molar-refractivity contribution in [3.63, 3.8) is 0 Å². The molecule has 1 heterocycles. The Labute approximate surface area is 229 Å². The van der Waals surface area contributed by atoms with E-state index in [-0.39, 0.29) is 22.0 Å². The van der Waals surface area contributed by atoms with Gasteiger partial charge in [0.1, 0.15) is 11.6 Å². The van der Waals surface area contributed by atoms with Gasteiger partial charge in [-0.25, -0.2) is 9.18 Å². The highest BCUT2D eigenvalue weighted by Crippen LogP contribution is 2.36. The molecule has 0 saturated carbocycles. The number of nitrogens with zero attached hydrogens (tertiary/aromatic N) is 1. The summed E-state index contributed by atoms with van der Waals surface area (Å²) in [7, 11) is 0. The third kappa shape index (κ3) is 5.18. The maximum absolute atomic E-state index is 14.2. The van der Waals surface area contributed by atoms with Crippen molar-refractivity contribution < 1.29 is 23.5 Å². The summed E-state index contributed by atoms with van der Waals surface area (Å²) in [5.41, 5.74) is 1.12. The number of esters is 1. The summed E-state index contributed by atoms with van der Waals surface area (Å²) in [6.07, 6.45) is 1.55. The van der Waals surface area contributed by atoms with Crippen LogP contribution in [0.25, 0.3) is 16.8 Å². The highest BCUT2D eigenvalue weighted by Gasteiger charge is 2.36. The van der Waals surface area contributed by atoms with Gasteiger partial charge in [-0.1, -0.05) is 60.1 Å². The number of benzene rings is 4. The van der Waals surface area contributed by atoms with Crippen molar-refractivity contribution >= 4 is 73.3 Å². The number of halogens is 3. The molecule has 5 nitrogen and oxygen atoms in total. The maximum atomic E-state index is 14.2. The summed E-state index contributed by atoms with van der Waals surface area (Å²) >= 11 is 10.2. The monoisotopic (exact) mass is 595 g/mol. The van der Waals surface area contributed by atoms with Gasteiger partial charge in [0.05, 0.1) is 21.5 Å². The van der Waals surface area contributed by atoms with Gasteiger partial charge in [0.2, 0.25) is 0 Å². The number of hydrogen-bond donors (Lipinski definition) is 0. The lowest BCUT2D eigenvalue weighted by molar-refractivity contribution is -0.123. The quantitative estimate of drug-likeness (QED) is 0.133. The van der Waals surface area contributed by atoms with Crippen LogP contribution in [-0.2, 0) is 11.3 Å². The summed E-state index contributed by atoms with van der Waals surface area (Å²) in [5, 5.41) is 1.34. The fourth-order valence-corrected chi connectivity index (χ4v) is 5.42. The number of ether oxygens (including phenoxy) is 1. The van der Waals surface area contributed by atoms with Crippen LogP contribution in [0.15, 0.2) is 88.2 Å².